The quantitative estimate of drug-likeness (QED) is 0.792. The molecule has 1 fully saturated rings. The minimum absolute atomic E-state index is 0.307. The van der Waals surface area contributed by atoms with Crippen molar-refractivity contribution in [2.45, 2.75) is 19.3 Å². The van der Waals surface area contributed by atoms with Gasteiger partial charge in [0.25, 0.3) is 0 Å². The van der Waals surface area contributed by atoms with Crippen LogP contribution in [0.15, 0.2) is 48.5 Å². The number of nitrogens with one attached hydrogen (secondary N) is 2. The van der Waals surface area contributed by atoms with E-state index in [1.54, 1.807) is 18.2 Å². The number of benzene rings is 2. The molecule has 1 aliphatic rings. The summed E-state index contributed by atoms with van der Waals surface area (Å²) in [6.45, 7) is 0.361. The number of hydrogen-bond donors (Lipinski definition) is 2. The molecule has 3 rings (SSSR count). The highest BCUT2D eigenvalue weighted by molar-refractivity contribution is 6.13. The predicted molar refractivity (Wildman–Crippen MR) is 89.8 cm³/mol. The highest BCUT2D eigenvalue weighted by atomic mass is 19.1. The molecule has 0 aromatic heterocycles. The fraction of sp³-hybridized carbons (Fsp3) is 0.263. The van der Waals surface area contributed by atoms with Gasteiger partial charge in [-0.3, -0.25) is 9.59 Å². The lowest BCUT2D eigenvalue weighted by Gasteiger charge is -2.15. The zero-order chi connectivity index (χ0) is 17.9. The van der Waals surface area contributed by atoms with Crippen LogP contribution in [-0.4, -0.2) is 18.4 Å². The Balaban J connectivity index is 1.53. The fourth-order valence-electron chi connectivity index (χ4n) is 2.64. The van der Waals surface area contributed by atoms with E-state index >= 15 is 0 Å². The van der Waals surface area contributed by atoms with Crippen LogP contribution in [-0.2, 0) is 16.0 Å². The van der Waals surface area contributed by atoms with Crippen LogP contribution in [0.3, 0.4) is 0 Å². The summed E-state index contributed by atoms with van der Waals surface area (Å²) >= 11 is 0. The lowest BCUT2D eigenvalue weighted by molar-refractivity contribution is -0.134. The number of carbonyl (C=O) groups is 2. The van der Waals surface area contributed by atoms with Gasteiger partial charge in [-0.25, -0.2) is 8.78 Å². The van der Waals surface area contributed by atoms with Crippen LogP contribution in [0.4, 0.5) is 14.5 Å². The van der Waals surface area contributed by atoms with E-state index in [1.165, 1.54) is 30.3 Å². The number of carbonyl (C=O) groups excluding carboxylic acids is 2. The summed E-state index contributed by atoms with van der Waals surface area (Å²) < 4.78 is 26.0. The van der Waals surface area contributed by atoms with E-state index in [1.807, 2.05) is 0 Å². The van der Waals surface area contributed by atoms with E-state index in [0.29, 0.717) is 31.5 Å². The van der Waals surface area contributed by atoms with Gasteiger partial charge in [-0.15, -0.1) is 0 Å². The summed E-state index contributed by atoms with van der Waals surface area (Å²) in [7, 11) is 0. The third-order valence-corrected chi connectivity index (χ3v) is 4.31. The predicted octanol–water partition coefficient (Wildman–Crippen LogP) is 3.04. The molecule has 0 aliphatic heterocycles. The van der Waals surface area contributed by atoms with E-state index in [0.717, 1.165) is 5.56 Å². The van der Waals surface area contributed by atoms with Crippen molar-refractivity contribution in [3.8, 4) is 0 Å². The van der Waals surface area contributed by atoms with Gasteiger partial charge < -0.3 is 10.6 Å². The van der Waals surface area contributed by atoms with Crippen LogP contribution >= 0.6 is 0 Å². The molecular formula is C19H18F2N2O2. The van der Waals surface area contributed by atoms with Crippen LogP contribution in [0.2, 0.25) is 0 Å². The minimum Gasteiger partial charge on any atom is -0.355 e. The van der Waals surface area contributed by atoms with Crippen LogP contribution in [0.1, 0.15) is 18.4 Å². The van der Waals surface area contributed by atoms with E-state index < -0.39 is 17.1 Å². The zero-order valence-corrected chi connectivity index (χ0v) is 13.5. The third kappa shape index (κ3) is 4.02. The summed E-state index contributed by atoms with van der Waals surface area (Å²) in [5, 5.41) is 5.36. The monoisotopic (exact) mass is 344 g/mol. The highest BCUT2D eigenvalue weighted by Crippen LogP contribution is 2.46. The van der Waals surface area contributed by atoms with E-state index in [9.17, 15) is 18.4 Å². The topological polar surface area (TPSA) is 58.2 Å². The van der Waals surface area contributed by atoms with Gasteiger partial charge in [0.1, 0.15) is 17.0 Å². The van der Waals surface area contributed by atoms with Gasteiger partial charge in [0, 0.05) is 12.2 Å². The lowest BCUT2D eigenvalue weighted by atomic mass is 10.0. The third-order valence-electron chi connectivity index (χ3n) is 4.31. The number of anilines is 1. The van der Waals surface area contributed by atoms with Crippen LogP contribution in [0, 0.1) is 17.0 Å². The molecule has 130 valence electrons. The molecule has 2 aromatic rings. The molecule has 0 unspecified atom stereocenters. The maximum absolute atomic E-state index is 13.2. The normalized spacial score (nSPS) is 14.6. The first-order chi connectivity index (χ1) is 12.0. The first kappa shape index (κ1) is 17.1. The van der Waals surface area contributed by atoms with Crippen molar-refractivity contribution in [1.82, 2.24) is 5.32 Å². The maximum Gasteiger partial charge on any atom is 0.240 e. The van der Waals surface area contributed by atoms with Crippen LogP contribution in [0.5, 0.6) is 0 Å². The van der Waals surface area contributed by atoms with E-state index in [4.69, 9.17) is 0 Å². The van der Waals surface area contributed by atoms with Crippen molar-refractivity contribution in [3.63, 3.8) is 0 Å². The van der Waals surface area contributed by atoms with Crippen molar-refractivity contribution in [3.05, 3.63) is 65.7 Å². The molecule has 0 spiro atoms. The minimum atomic E-state index is -1.07. The van der Waals surface area contributed by atoms with Crippen molar-refractivity contribution >= 4 is 17.5 Å². The first-order valence-corrected chi connectivity index (χ1v) is 8.09. The highest BCUT2D eigenvalue weighted by Gasteiger charge is 2.56. The van der Waals surface area contributed by atoms with Crippen molar-refractivity contribution in [2.75, 3.05) is 11.9 Å². The standard InChI is InChI=1S/C19H18F2N2O2/c20-14-6-4-13(5-7-14)8-11-22-17(24)19(9-10-19)18(25)23-16-3-1-2-15(21)12-16/h1-7,12H,8-11H2,(H,22,24)(H,23,25). The molecule has 25 heavy (non-hydrogen) atoms. The van der Waals surface area contributed by atoms with Crippen LogP contribution < -0.4 is 10.6 Å². The van der Waals surface area contributed by atoms with Gasteiger partial charge >= 0.3 is 0 Å². The van der Waals surface area contributed by atoms with Crippen molar-refractivity contribution < 1.29 is 18.4 Å². The Kier molecular flexibility index (Phi) is 4.79. The Morgan fingerprint density at radius 3 is 2.32 bits per heavy atom. The van der Waals surface area contributed by atoms with Gasteiger partial charge in [-0.1, -0.05) is 18.2 Å². The molecule has 1 aliphatic carbocycles. The Bertz CT molecular complexity index is 786. The molecule has 2 amide bonds. The molecule has 2 aromatic carbocycles. The number of hydrogen-bond acceptors (Lipinski definition) is 2. The molecule has 0 bridgehead atoms. The summed E-state index contributed by atoms with van der Waals surface area (Å²) in [6, 6.07) is 11.6. The molecule has 1 saturated carbocycles. The van der Waals surface area contributed by atoms with Gasteiger partial charge in [0.15, 0.2) is 0 Å². The Morgan fingerprint density at radius 1 is 0.960 bits per heavy atom. The zero-order valence-electron chi connectivity index (χ0n) is 13.5. The average molecular weight is 344 g/mol. The second-order valence-electron chi connectivity index (χ2n) is 6.18. The average Bonchev–Trinajstić information content (AvgIpc) is 3.38. The van der Waals surface area contributed by atoms with Crippen molar-refractivity contribution in [2.24, 2.45) is 5.41 Å². The second-order valence-corrected chi connectivity index (χ2v) is 6.18. The summed E-state index contributed by atoms with van der Waals surface area (Å²) in [4.78, 5) is 24.7. The Labute approximate surface area is 144 Å². The van der Waals surface area contributed by atoms with Gasteiger partial charge in [-0.05, 0) is 55.2 Å². The molecule has 0 saturated heterocycles. The molecule has 2 N–H and O–H groups in total. The SMILES string of the molecule is O=C(NCCc1ccc(F)cc1)C1(C(=O)Nc2cccc(F)c2)CC1. The van der Waals surface area contributed by atoms with E-state index in [2.05, 4.69) is 10.6 Å². The summed E-state index contributed by atoms with van der Waals surface area (Å²) in [6.07, 6.45) is 1.49. The number of amides is 2. The fourth-order valence-corrected chi connectivity index (χ4v) is 2.64. The Hall–Kier alpha value is -2.76. The molecular weight excluding hydrogens is 326 g/mol. The van der Waals surface area contributed by atoms with Gasteiger partial charge in [0.05, 0.1) is 0 Å². The van der Waals surface area contributed by atoms with Gasteiger partial charge in [0.2, 0.25) is 11.8 Å². The summed E-state index contributed by atoms with van der Waals surface area (Å²) in [5.74, 6) is -1.51. The van der Waals surface area contributed by atoms with E-state index in [-0.39, 0.29) is 11.7 Å². The van der Waals surface area contributed by atoms with Gasteiger partial charge in [-0.2, -0.15) is 0 Å². The molecule has 0 radical (unpaired) electrons. The molecule has 6 heteroatoms. The lowest BCUT2D eigenvalue weighted by Crippen LogP contribution is -2.40. The summed E-state index contributed by atoms with van der Waals surface area (Å²) in [5.41, 5.74) is 0.154. The second kappa shape index (κ2) is 7.01. The first-order valence-electron chi connectivity index (χ1n) is 8.09. The van der Waals surface area contributed by atoms with Crippen LogP contribution in [0.25, 0.3) is 0 Å². The largest absolute Gasteiger partial charge is 0.355 e. The molecule has 0 atom stereocenters. The smallest absolute Gasteiger partial charge is 0.240 e. The van der Waals surface area contributed by atoms with Crippen molar-refractivity contribution in [1.29, 1.82) is 0 Å². The molecule has 4 nitrogen and oxygen atoms in total. The number of rotatable bonds is 6. The molecule has 0 heterocycles. The number of halogens is 2. The maximum atomic E-state index is 13.2. The Morgan fingerprint density at radius 2 is 1.68 bits per heavy atom.